The van der Waals surface area contributed by atoms with Crippen LogP contribution in [0, 0.1) is 5.82 Å². The third-order valence-electron chi connectivity index (χ3n) is 3.82. The molecule has 0 radical (unpaired) electrons. The van der Waals surface area contributed by atoms with Crippen molar-refractivity contribution in [1.29, 1.82) is 0 Å². The summed E-state index contributed by atoms with van der Waals surface area (Å²) in [6.45, 7) is 1.16. The molecule has 9 heteroatoms. The van der Waals surface area contributed by atoms with E-state index in [0.29, 0.717) is 19.7 Å². The monoisotopic (exact) mass is 410 g/mol. The first-order valence-corrected chi connectivity index (χ1v) is 9.88. The molecule has 28 heavy (non-hydrogen) atoms. The Hall–Kier alpha value is -2.65. The van der Waals surface area contributed by atoms with Gasteiger partial charge in [0, 0.05) is 34.3 Å². The van der Waals surface area contributed by atoms with Gasteiger partial charge in [0.05, 0.1) is 6.61 Å². The van der Waals surface area contributed by atoms with Crippen LogP contribution in [0.4, 0.5) is 9.18 Å². The third kappa shape index (κ3) is 5.93. The molecule has 2 aromatic rings. The number of halogens is 1. The van der Waals surface area contributed by atoms with E-state index in [2.05, 4.69) is 0 Å². The minimum atomic E-state index is -4.06. The normalized spacial score (nSPS) is 11.1. The minimum Gasteiger partial charge on any atom is -0.383 e. The van der Waals surface area contributed by atoms with E-state index in [-0.39, 0.29) is 16.7 Å². The van der Waals surface area contributed by atoms with Crippen molar-refractivity contribution in [1.82, 2.24) is 9.80 Å². The molecule has 0 aromatic heterocycles. The second-order valence-electron chi connectivity index (χ2n) is 6.23. The van der Waals surface area contributed by atoms with Crippen LogP contribution in [0.25, 0.3) is 0 Å². The molecule has 2 aromatic carbocycles. The molecule has 0 aliphatic heterocycles. The van der Waals surface area contributed by atoms with Crippen LogP contribution >= 0.6 is 0 Å². The summed E-state index contributed by atoms with van der Waals surface area (Å²) in [6.07, 6.45) is 0. The second-order valence-corrected chi connectivity index (χ2v) is 7.77. The zero-order valence-corrected chi connectivity index (χ0v) is 16.8. The van der Waals surface area contributed by atoms with Gasteiger partial charge in [0.1, 0.15) is 16.5 Å². The highest BCUT2D eigenvalue weighted by Crippen LogP contribution is 2.20. The summed E-state index contributed by atoms with van der Waals surface area (Å²) >= 11 is 0. The first kappa shape index (κ1) is 21.6. The van der Waals surface area contributed by atoms with Crippen LogP contribution in [0.3, 0.4) is 0 Å². The molecule has 2 amide bonds. The zero-order chi connectivity index (χ0) is 20.7. The van der Waals surface area contributed by atoms with Crippen LogP contribution in [0.2, 0.25) is 0 Å². The van der Waals surface area contributed by atoms with E-state index in [1.807, 2.05) is 0 Å². The number of ether oxygens (including phenoxy) is 1. The van der Waals surface area contributed by atoms with Gasteiger partial charge in [0.25, 0.3) is 0 Å². The number of carbonyl (C=O) groups is 1. The van der Waals surface area contributed by atoms with E-state index < -0.39 is 15.9 Å². The zero-order valence-electron chi connectivity index (χ0n) is 16.0. The summed E-state index contributed by atoms with van der Waals surface area (Å²) in [5.74, 6) is -0.413. The highest BCUT2D eigenvalue weighted by molar-refractivity contribution is 7.87. The molecule has 0 fully saturated rings. The van der Waals surface area contributed by atoms with Crippen molar-refractivity contribution in [2.24, 2.45) is 0 Å². The highest BCUT2D eigenvalue weighted by atomic mass is 32.2. The highest BCUT2D eigenvalue weighted by Gasteiger charge is 2.18. The summed E-state index contributed by atoms with van der Waals surface area (Å²) in [7, 11) is 0.837. The van der Waals surface area contributed by atoms with Gasteiger partial charge in [-0.05, 0) is 42.0 Å². The lowest BCUT2D eigenvalue weighted by atomic mass is 10.2. The largest absolute Gasteiger partial charge is 0.383 e. The Balaban J connectivity index is 2.09. The molecular weight excluding hydrogens is 387 g/mol. The Morgan fingerprint density at radius 3 is 2.18 bits per heavy atom. The van der Waals surface area contributed by atoms with Crippen molar-refractivity contribution >= 4 is 16.1 Å². The number of methoxy groups -OCH3 is 1. The fourth-order valence-corrected chi connectivity index (χ4v) is 3.30. The Bertz CT molecular complexity index is 884. The molecule has 0 spiro atoms. The Kier molecular flexibility index (Phi) is 7.36. The molecule has 0 aliphatic carbocycles. The maximum atomic E-state index is 13.0. The smallest absolute Gasteiger partial charge is 0.339 e. The molecule has 0 aliphatic rings. The van der Waals surface area contributed by atoms with E-state index in [1.165, 1.54) is 17.0 Å². The number of carbonyl (C=O) groups excluding carboxylic acids is 1. The molecule has 0 saturated carbocycles. The average molecular weight is 410 g/mol. The number of hydrogen-bond donors (Lipinski definition) is 0. The average Bonchev–Trinajstić information content (AvgIpc) is 2.66. The summed E-state index contributed by atoms with van der Waals surface area (Å²) < 4.78 is 47.6. The van der Waals surface area contributed by atoms with E-state index in [9.17, 15) is 17.6 Å². The van der Waals surface area contributed by atoms with Crippen LogP contribution in [0.15, 0.2) is 53.4 Å². The number of urea groups is 1. The number of nitrogens with zero attached hydrogens (tertiary/aromatic N) is 2. The quantitative estimate of drug-likeness (QED) is 0.626. The van der Waals surface area contributed by atoms with Crippen molar-refractivity contribution in [3.05, 3.63) is 59.9 Å². The van der Waals surface area contributed by atoms with Crippen LogP contribution < -0.4 is 4.18 Å². The van der Waals surface area contributed by atoms with Crippen LogP contribution in [-0.2, 0) is 21.4 Å². The number of hydrogen-bond acceptors (Lipinski definition) is 5. The van der Waals surface area contributed by atoms with Crippen molar-refractivity contribution in [3.8, 4) is 5.75 Å². The van der Waals surface area contributed by atoms with Gasteiger partial charge in [-0.2, -0.15) is 8.42 Å². The molecule has 7 nitrogen and oxygen atoms in total. The molecule has 152 valence electrons. The van der Waals surface area contributed by atoms with Crippen LogP contribution in [0.5, 0.6) is 5.75 Å². The minimum absolute atomic E-state index is 0.121. The molecule has 0 N–H and O–H groups in total. The maximum absolute atomic E-state index is 13.0. The predicted octanol–water partition coefficient (Wildman–Crippen LogP) is 2.72. The van der Waals surface area contributed by atoms with Crippen molar-refractivity contribution in [2.75, 3.05) is 34.4 Å². The summed E-state index contributed by atoms with van der Waals surface area (Å²) in [6, 6.07) is 10.6. The first-order chi connectivity index (χ1) is 13.2. The van der Waals surface area contributed by atoms with E-state index in [1.54, 1.807) is 38.2 Å². The molecule has 0 heterocycles. The Labute approximate surface area is 164 Å². The number of amides is 2. The van der Waals surface area contributed by atoms with Gasteiger partial charge in [0.2, 0.25) is 0 Å². The molecule has 2 rings (SSSR count). The third-order valence-corrected chi connectivity index (χ3v) is 5.08. The van der Waals surface area contributed by atoms with Gasteiger partial charge in [0.15, 0.2) is 0 Å². The summed E-state index contributed by atoms with van der Waals surface area (Å²) in [5, 5.41) is 0. The van der Waals surface area contributed by atoms with Gasteiger partial charge in [-0.15, -0.1) is 0 Å². The topological polar surface area (TPSA) is 76.1 Å². The van der Waals surface area contributed by atoms with E-state index >= 15 is 0 Å². The van der Waals surface area contributed by atoms with Crippen LogP contribution in [-0.4, -0.2) is 58.6 Å². The standard InChI is InChI=1S/C19H23FN2O5S/c1-21(2)19(23)22(12-13-26-3)14-15-4-8-17(9-5-15)27-28(24,25)18-10-6-16(20)7-11-18/h4-11H,12-14H2,1-3H3. The second kappa shape index (κ2) is 9.52. The van der Waals surface area contributed by atoms with Crippen molar-refractivity contribution in [2.45, 2.75) is 11.4 Å². The lowest BCUT2D eigenvalue weighted by Gasteiger charge is -2.26. The van der Waals surface area contributed by atoms with Crippen molar-refractivity contribution < 1.29 is 26.5 Å². The molecular formula is C19H23FN2O5S. The molecule has 0 bridgehead atoms. The lowest BCUT2D eigenvalue weighted by molar-refractivity contribution is 0.132. The molecule has 0 atom stereocenters. The van der Waals surface area contributed by atoms with Crippen LogP contribution in [0.1, 0.15) is 5.56 Å². The first-order valence-electron chi connectivity index (χ1n) is 8.47. The van der Waals surface area contributed by atoms with Gasteiger partial charge < -0.3 is 18.7 Å². The lowest BCUT2D eigenvalue weighted by Crippen LogP contribution is -2.40. The van der Waals surface area contributed by atoms with E-state index in [0.717, 1.165) is 29.8 Å². The summed E-state index contributed by atoms with van der Waals surface area (Å²) in [5.41, 5.74) is 0.804. The van der Waals surface area contributed by atoms with E-state index in [4.69, 9.17) is 8.92 Å². The molecule has 0 unspecified atom stereocenters. The fourth-order valence-electron chi connectivity index (χ4n) is 2.37. The van der Waals surface area contributed by atoms with Gasteiger partial charge >= 0.3 is 16.1 Å². The summed E-state index contributed by atoms with van der Waals surface area (Å²) in [4.78, 5) is 15.2. The van der Waals surface area contributed by atoms with Gasteiger partial charge in [-0.3, -0.25) is 0 Å². The Morgan fingerprint density at radius 1 is 1.04 bits per heavy atom. The van der Waals surface area contributed by atoms with Gasteiger partial charge in [-0.1, -0.05) is 12.1 Å². The SMILES string of the molecule is COCCN(Cc1ccc(OS(=O)(=O)c2ccc(F)cc2)cc1)C(=O)N(C)C. The predicted molar refractivity (Wildman–Crippen MR) is 102 cm³/mol. The fraction of sp³-hybridized carbons (Fsp3) is 0.316. The molecule has 0 saturated heterocycles. The van der Waals surface area contributed by atoms with Crippen molar-refractivity contribution in [3.63, 3.8) is 0 Å². The Morgan fingerprint density at radius 2 is 1.64 bits per heavy atom. The number of benzene rings is 2. The number of rotatable bonds is 8. The van der Waals surface area contributed by atoms with Gasteiger partial charge in [-0.25, -0.2) is 9.18 Å². The maximum Gasteiger partial charge on any atom is 0.339 e.